The summed E-state index contributed by atoms with van der Waals surface area (Å²) in [4.78, 5) is 11.6. The van der Waals surface area contributed by atoms with Crippen LogP contribution in [0.2, 0.25) is 0 Å². The molecule has 5 heteroatoms. The van der Waals surface area contributed by atoms with Gasteiger partial charge in [-0.05, 0) is 25.5 Å². The van der Waals surface area contributed by atoms with Gasteiger partial charge in [-0.3, -0.25) is 0 Å². The zero-order valence-electron chi connectivity index (χ0n) is 10.8. The van der Waals surface area contributed by atoms with Gasteiger partial charge in [0.15, 0.2) is 0 Å². The van der Waals surface area contributed by atoms with Gasteiger partial charge in [-0.2, -0.15) is 0 Å². The lowest BCUT2D eigenvalue weighted by molar-refractivity contribution is 0.229. The molecule has 1 atom stereocenters. The van der Waals surface area contributed by atoms with E-state index in [9.17, 15) is 4.79 Å². The molecular formula is C13H20N2O3. The van der Waals surface area contributed by atoms with Crippen molar-refractivity contribution in [1.82, 2.24) is 5.32 Å². The maximum absolute atomic E-state index is 11.6. The average molecular weight is 252 g/mol. The first kappa shape index (κ1) is 14.3. The highest BCUT2D eigenvalue weighted by atomic mass is 16.5. The molecule has 0 bridgehead atoms. The standard InChI is InChI=1S/C13H20N2O3/c1-3-8-18-12-7-5-4-6-11(12)15-13(17)14-10(2)9-16/h4-7,10,16H,3,8-9H2,1-2H3,(H2,14,15,17). The van der Waals surface area contributed by atoms with Crippen molar-refractivity contribution in [3.8, 4) is 5.75 Å². The molecule has 1 rings (SSSR count). The third kappa shape index (κ3) is 4.63. The van der Waals surface area contributed by atoms with Crippen LogP contribution >= 0.6 is 0 Å². The van der Waals surface area contributed by atoms with Crippen molar-refractivity contribution >= 4 is 11.7 Å². The van der Waals surface area contributed by atoms with Crippen LogP contribution < -0.4 is 15.4 Å². The number of benzene rings is 1. The van der Waals surface area contributed by atoms with E-state index in [1.807, 2.05) is 19.1 Å². The molecule has 0 saturated heterocycles. The largest absolute Gasteiger partial charge is 0.491 e. The Morgan fingerprint density at radius 3 is 2.83 bits per heavy atom. The van der Waals surface area contributed by atoms with Crippen LogP contribution in [0.15, 0.2) is 24.3 Å². The van der Waals surface area contributed by atoms with E-state index in [2.05, 4.69) is 10.6 Å². The molecule has 0 aliphatic carbocycles. The van der Waals surface area contributed by atoms with Crippen molar-refractivity contribution < 1.29 is 14.6 Å². The maximum Gasteiger partial charge on any atom is 0.319 e. The quantitative estimate of drug-likeness (QED) is 0.725. The molecule has 1 aromatic rings. The van der Waals surface area contributed by atoms with E-state index in [0.29, 0.717) is 18.0 Å². The van der Waals surface area contributed by atoms with Gasteiger partial charge in [0.25, 0.3) is 0 Å². The molecule has 18 heavy (non-hydrogen) atoms. The van der Waals surface area contributed by atoms with E-state index in [1.54, 1.807) is 19.1 Å². The number of rotatable bonds is 6. The number of carbonyl (C=O) groups excluding carboxylic acids is 1. The number of amides is 2. The Labute approximate surface area is 107 Å². The summed E-state index contributed by atoms with van der Waals surface area (Å²) in [6.07, 6.45) is 0.905. The van der Waals surface area contributed by atoms with Crippen molar-refractivity contribution in [3.05, 3.63) is 24.3 Å². The predicted molar refractivity (Wildman–Crippen MR) is 70.9 cm³/mol. The number of aliphatic hydroxyl groups excluding tert-OH is 1. The van der Waals surface area contributed by atoms with Gasteiger partial charge in [-0.1, -0.05) is 19.1 Å². The van der Waals surface area contributed by atoms with Crippen LogP contribution in [0.1, 0.15) is 20.3 Å². The van der Waals surface area contributed by atoms with Gasteiger partial charge in [0.2, 0.25) is 0 Å². The number of aliphatic hydroxyl groups is 1. The fourth-order valence-corrected chi connectivity index (χ4v) is 1.34. The molecule has 5 nitrogen and oxygen atoms in total. The summed E-state index contributed by atoms with van der Waals surface area (Å²) in [6, 6.07) is 6.61. The Morgan fingerprint density at radius 1 is 1.44 bits per heavy atom. The number of para-hydroxylation sites is 2. The number of ether oxygens (including phenoxy) is 1. The third-order valence-corrected chi connectivity index (χ3v) is 2.25. The molecule has 0 heterocycles. The molecule has 0 radical (unpaired) electrons. The summed E-state index contributed by atoms with van der Waals surface area (Å²) >= 11 is 0. The minimum atomic E-state index is -0.357. The molecular weight excluding hydrogens is 232 g/mol. The second kappa shape index (κ2) is 7.55. The van der Waals surface area contributed by atoms with Gasteiger partial charge >= 0.3 is 6.03 Å². The number of anilines is 1. The van der Waals surface area contributed by atoms with Crippen LogP contribution in [-0.4, -0.2) is 30.4 Å². The van der Waals surface area contributed by atoms with E-state index in [4.69, 9.17) is 9.84 Å². The van der Waals surface area contributed by atoms with Crippen LogP contribution in [0.25, 0.3) is 0 Å². The maximum atomic E-state index is 11.6. The Bertz CT molecular complexity index is 382. The second-order valence-electron chi connectivity index (χ2n) is 4.03. The lowest BCUT2D eigenvalue weighted by Crippen LogP contribution is -2.38. The first-order valence-electron chi connectivity index (χ1n) is 6.07. The van der Waals surface area contributed by atoms with Gasteiger partial charge in [-0.15, -0.1) is 0 Å². The summed E-state index contributed by atoms with van der Waals surface area (Å²) in [5.74, 6) is 0.645. The molecule has 0 aliphatic heterocycles. The molecule has 3 N–H and O–H groups in total. The number of hydrogen-bond donors (Lipinski definition) is 3. The predicted octanol–water partition coefficient (Wildman–Crippen LogP) is 1.98. The SMILES string of the molecule is CCCOc1ccccc1NC(=O)NC(C)CO. The third-order valence-electron chi connectivity index (χ3n) is 2.25. The molecule has 1 aromatic carbocycles. The van der Waals surface area contributed by atoms with E-state index < -0.39 is 0 Å². The second-order valence-corrected chi connectivity index (χ2v) is 4.03. The fraction of sp³-hybridized carbons (Fsp3) is 0.462. The molecule has 1 unspecified atom stereocenters. The number of carbonyl (C=O) groups is 1. The smallest absolute Gasteiger partial charge is 0.319 e. The highest BCUT2D eigenvalue weighted by Gasteiger charge is 2.09. The fourth-order valence-electron chi connectivity index (χ4n) is 1.34. The van der Waals surface area contributed by atoms with Crippen LogP contribution in [0.3, 0.4) is 0 Å². The van der Waals surface area contributed by atoms with Gasteiger partial charge in [0, 0.05) is 0 Å². The average Bonchev–Trinajstić information content (AvgIpc) is 2.37. The number of hydrogen-bond acceptors (Lipinski definition) is 3. The summed E-state index contributed by atoms with van der Waals surface area (Å²) in [5.41, 5.74) is 0.619. The number of nitrogens with one attached hydrogen (secondary N) is 2. The Hall–Kier alpha value is -1.75. The van der Waals surface area contributed by atoms with Crippen molar-refractivity contribution in [1.29, 1.82) is 0 Å². The zero-order valence-corrected chi connectivity index (χ0v) is 10.8. The molecule has 0 saturated carbocycles. The van der Waals surface area contributed by atoms with Crippen molar-refractivity contribution in [2.75, 3.05) is 18.5 Å². The summed E-state index contributed by atoms with van der Waals surface area (Å²) in [7, 11) is 0. The van der Waals surface area contributed by atoms with Gasteiger partial charge < -0.3 is 20.5 Å². The minimum Gasteiger partial charge on any atom is -0.491 e. The van der Waals surface area contributed by atoms with Crippen LogP contribution in [-0.2, 0) is 0 Å². The van der Waals surface area contributed by atoms with Gasteiger partial charge in [0.05, 0.1) is 24.9 Å². The minimum absolute atomic E-state index is 0.0958. The molecule has 0 aromatic heterocycles. The van der Waals surface area contributed by atoms with Gasteiger partial charge in [-0.25, -0.2) is 4.79 Å². The molecule has 100 valence electrons. The Balaban J connectivity index is 2.62. The zero-order chi connectivity index (χ0) is 13.4. The van der Waals surface area contributed by atoms with E-state index >= 15 is 0 Å². The molecule has 0 fully saturated rings. The van der Waals surface area contributed by atoms with Gasteiger partial charge in [0.1, 0.15) is 5.75 Å². The van der Waals surface area contributed by atoms with E-state index in [0.717, 1.165) is 6.42 Å². The highest BCUT2D eigenvalue weighted by molar-refractivity contribution is 5.91. The normalized spacial score (nSPS) is 11.7. The van der Waals surface area contributed by atoms with Crippen LogP contribution in [0.4, 0.5) is 10.5 Å². The first-order valence-corrected chi connectivity index (χ1v) is 6.07. The van der Waals surface area contributed by atoms with Crippen molar-refractivity contribution in [2.24, 2.45) is 0 Å². The van der Waals surface area contributed by atoms with E-state index in [1.165, 1.54) is 0 Å². The molecule has 0 spiro atoms. The monoisotopic (exact) mass is 252 g/mol. The Morgan fingerprint density at radius 2 is 2.17 bits per heavy atom. The van der Waals surface area contributed by atoms with Crippen molar-refractivity contribution in [2.45, 2.75) is 26.3 Å². The van der Waals surface area contributed by atoms with E-state index in [-0.39, 0.29) is 18.7 Å². The highest BCUT2D eigenvalue weighted by Crippen LogP contribution is 2.23. The lowest BCUT2D eigenvalue weighted by Gasteiger charge is -2.14. The summed E-state index contributed by atoms with van der Waals surface area (Å²) in [6.45, 7) is 4.25. The summed E-state index contributed by atoms with van der Waals surface area (Å²) in [5, 5.41) is 14.2. The topological polar surface area (TPSA) is 70.6 Å². The van der Waals surface area contributed by atoms with Crippen LogP contribution in [0.5, 0.6) is 5.75 Å². The molecule has 0 aliphatic rings. The first-order chi connectivity index (χ1) is 8.67. The van der Waals surface area contributed by atoms with Crippen LogP contribution in [0, 0.1) is 0 Å². The lowest BCUT2D eigenvalue weighted by atomic mass is 10.3. The number of urea groups is 1. The van der Waals surface area contributed by atoms with Crippen molar-refractivity contribution in [3.63, 3.8) is 0 Å². The molecule has 2 amide bonds. The Kier molecular flexibility index (Phi) is 6.00. The summed E-state index contributed by atoms with van der Waals surface area (Å²) < 4.78 is 5.53.